The highest BCUT2D eigenvalue weighted by Gasteiger charge is 2.00. The molecule has 0 heterocycles. The summed E-state index contributed by atoms with van der Waals surface area (Å²) in [7, 11) is 0. The fraction of sp³-hybridized carbons (Fsp3) is 0.364. The lowest BCUT2D eigenvalue weighted by molar-refractivity contribution is 0.340. The Morgan fingerprint density at radius 3 is 2.43 bits per heavy atom. The zero-order chi connectivity index (χ0) is 16.5. The van der Waals surface area contributed by atoms with Crippen molar-refractivity contribution in [2.24, 2.45) is 0 Å². The standard InChI is InChI=1S/C22H26O/c1-4-6-7-10-20-11-8-9-12-21(20)14-13-19-15-16-22(23-5-2)17-18(19)3/h8-9,11-12,15-17H,4-7,10H2,1-3H3. The zero-order valence-corrected chi connectivity index (χ0v) is 14.5. The van der Waals surface area contributed by atoms with Gasteiger partial charge in [-0.25, -0.2) is 0 Å². The molecule has 0 atom stereocenters. The average molecular weight is 306 g/mol. The van der Waals surface area contributed by atoms with Gasteiger partial charge in [-0.2, -0.15) is 0 Å². The fourth-order valence-electron chi connectivity index (χ4n) is 2.59. The van der Waals surface area contributed by atoms with Gasteiger partial charge >= 0.3 is 0 Å². The van der Waals surface area contributed by atoms with Gasteiger partial charge in [0.1, 0.15) is 5.75 Å². The molecule has 2 aromatic carbocycles. The number of hydrogen-bond acceptors (Lipinski definition) is 1. The molecule has 1 nitrogen and oxygen atoms in total. The summed E-state index contributed by atoms with van der Waals surface area (Å²) in [4.78, 5) is 0. The summed E-state index contributed by atoms with van der Waals surface area (Å²) in [6.07, 6.45) is 4.87. The highest BCUT2D eigenvalue weighted by atomic mass is 16.5. The largest absolute Gasteiger partial charge is 0.494 e. The van der Waals surface area contributed by atoms with Gasteiger partial charge < -0.3 is 4.74 Å². The van der Waals surface area contributed by atoms with Crippen molar-refractivity contribution in [2.75, 3.05) is 6.61 Å². The first kappa shape index (κ1) is 17.2. The first-order chi connectivity index (χ1) is 11.2. The van der Waals surface area contributed by atoms with Gasteiger partial charge in [-0.15, -0.1) is 0 Å². The van der Waals surface area contributed by atoms with Crippen LogP contribution in [0.3, 0.4) is 0 Å². The molecule has 0 bridgehead atoms. The molecule has 0 unspecified atom stereocenters. The maximum absolute atomic E-state index is 5.53. The number of unbranched alkanes of at least 4 members (excludes halogenated alkanes) is 2. The third-order valence-electron chi connectivity index (χ3n) is 3.91. The summed E-state index contributed by atoms with van der Waals surface area (Å²) >= 11 is 0. The van der Waals surface area contributed by atoms with Crippen molar-refractivity contribution in [3.8, 4) is 17.6 Å². The van der Waals surface area contributed by atoms with Crippen molar-refractivity contribution in [1.29, 1.82) is 0 Å². The van der Waals surface area contributed by atoms with Crippen LogP contribution in [-0.2, 0) is 6.42 Å². The smallest absolute Gasteiger partial charge is 0.119 e. The summed E-state index contributed by atoms with van der Waals surface area (Å²) in [6.45, 7) is 7.01. The Hall–Kier alpha value is -2.20. The van der Waals surface area contributed by atoms with Crippen LogP contribution in [0.2, 0.25) is 0 Å². The SMILES string of the molecule is CCCCCc1ccccc1C#Cc1ccc(OCC)cc1C. The quantitative estimate of drug-likeness (QED) is 0.504. The molecule has 0 radical (unpaired) electrons. The van der Waals surface area contributed by atoms with Gasteiger partial charge in [0.05, 0.1) is 6.61 Å². The van der Waals surface area contributed by atoms with E-state index in [0.29, 0.717) is 6.61 Å². The Labute approximate surface area is 140 Å². The van der Waals surface area contributed by atoms with Crippen LogP contribution < -0.4 is 4.74 Å². The molecule has 0 aliphatic rings. The minimum Gasteiger partial charge on any atom is -0.494 e. The lowest BCUT2D eigenvalue weighted by Crippen LogP contribution is -1.93. The Bertz CT molecular complexity index is 689. The van der Waals surface area contributed by atoms with Crippen LogP contribution in [0.1, 0.15) is 55.4 Å². The van der Waals surface area contributed by atoms with Crippen LogP contribution in [0.15, 0.2) is 42.5 Å². The van der Waals surface area contributed by atoms with Crippen molar-refractivity contribution >= 4 is 0 Å². The molecule has 2 rings (SSSR count). The molecule has 23 heavy (non-hydrogen) atoms. The molecule has 1 heteroatoms. The van der Waals surface area contributed by atoms with E-state index in [-0.39, 0.29) is 0 Å². The third-order valence-corrected chi connectivity index (χ3v) is 3.91. The zero-order valence-electron chi connectivity index (χ0n) is 14.5. The number of rotatable bonds is 6. The highest BCUT2D eigenvalue weighted by Crippen LogP contribution is 2.17. The first-order valence-electron chi connectivity index (χ1n) is 8.58. The van der Waals surface area contributed by atoms with Crippen LogP contribution >= 0.6 is 0 Å². The minimum absolute atomic E-state index is 0.690. The van der Waals surface area contributed by atoms with Gasteiger partial charge in [-0.05, 0) is 62.1 Å². The van der Waals surface area contributed by atoms with Gasteiger partial charge in [0.25, 0.3) is 0 Å². The summed E-state index contributed by atoms with van der Waals surface area (Å²) in [6, 6.07) is 14.6. The lowest BCUT2D eigenvalue weighted by atomic mass is 10.0. The molecule has 0 N–H and O–H groups in total. The first-order valence-corrected chi connectivity index (χ1v) is 8.58. The maximum atomic E-state index is 5.53. The second-order valence-corrected chi connectivity index (χ2v) is 5.77. The molecule has 120 valence electrons. The Kier molecular flexibility index (Phi) is 6.76. The van der Waals surface area contributed by atoms with Crippen molar-refractivity contribution in [3.05, 3.63) is 64.7 Å². The summed E-state index contributed by atoms with van der Waals surface area (Å²) in [5, 5.41) is 0. The Morgan fingerprint density at radius 1 is 0.913 bits per heavy atom. The number of benzene rings is 2. The molecular formula is C22H26O. The van der Waals surface area contributed by atoms with Crippen molar-refractivity contribution < 1.29 is 4.74 Å². The van der Waals surface area contributed by atoms with E-state index < -0.39 is 0 Å². The van der Waals surface area contributed by atoms with E-state index in [1.807, 2.05) is 19.1 Å². The summed E-state index contributed by atoms with van der Waals surface area (Å²) in [5.41, 5.74) is 4.73. The predicted octanol–water partition coefficient (Wildman–Crippen LogP) is 5.53. The van der Waals surface area contributed by atoms with Crippen LogP contribution in [0.5, 0.6) is 5.75 Å². The molecule has 0 spiro atoms. The van der Waals surface area contributed by atoms with E-state index in [9.17, 15) is 0 Å². The topological polar surface area (TPSA) is 9.23 Å². The lowest BCUT2D eigenvalue weighted by Gasteiger charge is -2.05. The van der Waals surface area contributed by atoms with Crippen LogP contribution in [0, 0.1) is 18.8 Å². The fourth-order valence-corrected chi connectivity index (χ4v) is 2.59. The summed E-state index contributed by atoms with van der Waals surface area (Å²) in [5.74, 6) is 7.59. The van der Waals surface area contributed by atoms with Gasteiger partial charge in [-0.1, -0.05) is 49.8 Å². The molecule has 0 aromatic heterocycles. The van der Waals surface area contributed by atoms with Crippen LogP contribution in [-0.4, -0.2) is 6.61 Å². The Balaban J connectivity index is 2.18. The average Bonchev–Trinajstić information content (AvgIpc) is 2.56. The molecule has 0 amide bonds. The number of hydrogen-bond donors (Lipinski definition) is 0. The van der Waals surface area contributed by atoms with Crippen LogP contribution in [0.25, 0.3) is 0 Å². The second-order valence-electron chi connectivity index (χ2n) is 5.77. The number of aryl methyl sites for hydroxylation is 2. The molecule has 0 fully saturated rings. The monoisotopic (exact) mass is 306 g/mol. The highest BCUT2D eigenvalue weighted by molar-refractivity contribution is 5.50. The number of ether oxygens (including phenoxy) is 1. The molecular weight excluding hydrogens is 280 g/mol. The molecule has 0 aliphatic heterocycles. The van der Waals surface area contributed by atoms with E-state index in [4.69, 9.17) is 4.74 Å². The van der Waals surface area contributed by atoms with Gasteiger partial charge in [0.2, 0.25) is 0 Å². The van der Waals surface area contributed by atoms with Crippen LogP contribution in [0.4, 0.5) is 0 Å². The predicted molar refractivity (Wildman–Crippen MR) is 98.0 cm³/mol. The van der Waals surface area contributed by atoms with Crippen molar-refractivity contribution in [2.45, 2.75) is 46.5 Å². The minimum atomic E-state index is 0.690. The van der Waals surface area contributed by atoms with E-state index in [0.717, 1.165) is 28.9 Å². The molecule has 2 aromatic rings. The van der Waals surface area contributed by atoms with Gasteiger partial charge in [-0.3, -0.25) is 0 Å². The van der Waals surface area contributed by atoms with E-state index in [2.05, 4.69) is 56.0 Å². The van der Waals surface area contributed by atoms with Crippen molar-refractivity contribution in [1.82, 2.24) is 0 Å². The maximum Gasteiger partial charge on any atom is 0.119 e. The van der Waals surface area contributed by atoms with Crippen molar-refractivity contribution in [3.63, 3.8) is 0 Å². The molecule has 0 aliphatic carbocycles. The second kappa shape index (κ2) is 9.06. The third kappa shape index (κ3) is 5.18. The summed E-state index contributed by atoms with van der Waals surface area (Å²) < 4.78 is 5.53. The van der Waals surface area contributed by atoms with E-state index >= 15 is 0 Å². The van der Waals surface area contributed by atoms with E-state index in [1.165, 1.54) is 24.8 Å². The normalized spacial score (nSPS) is 10.0. The molecule has 0 saturated carbocycles. The Morgan fingerprint density at radius 2 is 1.70 bits per heavy atom. The van der Waals surface area contributed by atoms with Gasteiger partial charge in [0, 0.05) is 11.1 Å². The molecule has 0 saturated heterocycles. The van der Waals surface area contributed by atoms with Gasteiger partial charge in [0.15, 0.2) is 0 Å². The van der Waals surface area contributed by atoms with E-state index in [1.54, 1.807) is 0 Å².